The van der Waals surface area contributed by atoms with Crippen molar-refractivity contribution in [3.8, 4) is 5.75 Å². The summed E-state index contributed by atoms with van der Waals surface area (Å²) in [5.41, 5.74) is 1.88. The number of hydrogen-bond donors (Lipinski definition) is 0. The van der Waals surface area contributed by atoms with Gasteiger partial charge in [0.05, 0.1) is 0 Å². The van der Waals surface area contributed by atoms with Gasteiger partial charge >= 0.3 is 10.1 Å². The van der Waals surface area contributed by atoms with Crippen molar-refractivity contribution in [2.45, 2.75) is 11.8 Å². The Balaban J connectivity index is 2.26. The van der Waals surface area contributed by atoms with E-state index in [1.54, 1.807) is 42.5 Å². The van der Waals surface area contributed by atoms with Crippen molar-refractivity contribution in [2.75, 3.05) is 19.0 Å². The fourth-order valence-corrected chi connectivity index (χ4v) is 2.68. The third-order valence-electron chi connectivity index (χ3n) is 2.84. The van der Waals surface area contributed by atoms with Gasteiger partial charge in [0, 0.05) is 19.8 Å². The predicted octanol–water partition coefficient (Wildman–Crippen LogP) is 2.83. The molecule has 0 heterocycles. The lowest BCUT2D eigenvalue weighted by Gasteiger charge is -2.13. The minimum Gasteiger partial charge on any atom is -0.379 e. The molecule has 0 amide bonds. The van der Waals surface area contributed by atoms with Crippen molar-refractivity contribution in [3.63, 3.8) is 0 Å². The first kappa shape index (κ1) is 14.4. The molecule has 4 nitrogen and oxygen atoms in total. The van der Waals surface area contributed by atoms with Gasteiger partial charge in [0.1, 0.15) is 10.6 Å². The molecule has 2 rings (SSSR count). The molecule has 5 heteroatoms. The molecular formula is C15H17NO3S. The summed E-state index contributed by atoms with van der Waals surface area (Å²) in [6.45, 7) is 1.88. The second-order valence-electron chi connectivity index (χ2n) is 4.74. The summed E-state index contributed by atoms with van der Waals surface area (Å²) in [5, 5.41) is 0. The highest BCUT2D eigenvalue weighted by atomic mass is 32.2. The summed E-state index contributed by atoms with van der Waals surface area (Å²) in [6.07, 6.45) is 0. The monoisotopic (exact) mass is 291 g/mol. The fraction of sp³-hybridized carbons (Fsp3) is 0.200. The van der Waals surface area contributed by atoms with Crippen molar-refractivity contribution in [1.29, 1.82) is 0 Å². The second kappa shape index (κ2) is 5.54. The van der Waals surface area contributed by atoms with Crippen LogP contribution in [0.2, 0.25) is 0 Å². The van der Waals surface area contributed by atoms with Gasteiger partial charge in [-0.25, -0.2) is 0 Å². The summed E-state index contributed by atoms with van der Waals surface area (Å²) in [5.74, 6) is 0.321. The van der Waals surface area contributed by atoms with Gasteiger partial charge in [0.15, 0.2) is 0 Å². The van der Waals surface area contributed by atoms with Gasteiger partial charge in [-0.2, -0.15) is 8.42 Å². The SMILES string of the molecule is Cc1cccc(OS(=O)(=O)c2ccc(N(C)C)cc2)c1. The van der Waals surface area contributed by atoms with Crippen molar-refractivity contribution in [1.82, 2.24) is 0 Å². The number of anilines is 1. The van der Waals surface area contributed by atoms with Gasteiger partial charge in [0.2, 0.25) is 0 Å². The Morgan fingerprint density at radius 3 is 2.20 bits per heavy atom. The molecule has 106 valence electrons. The van der Waals surface area contributed by atoms with E-state index in [1.165, 1.54) is 0 Å². The Morgan fingerprint density at radius 2 is 1.65 bits per heavy atom. The summed E-state index contributed by atoms with van der Waals surface area (Å²) in [6, 6.07) is 13.5. The van der Waals surface area contributed by atoms with E-state index in [2.05, 4.69) is 0 Å². The normalized spacial score (nSPS) is 11.2. The van der Waals surface area contributed by atoms with Gasteiger partial charge in [-0.15, -0.1) is 0 Å². The quantitative estimate of drug-likeness (QED) is 0.813. The van der Waals surface area contributed by atoms with E-state index >= 15 is 0 Å². The number of nitrogens with zero attached hydrogens (tertiary/aromatic N) is 1. The molecule has 0 spiro atoms. The Hall–Kier alpha value is -2.01. The molecular weight excluding hydrogens is 274 g/mol. The van der Waals surface area contributed by atoms with Gasteiger partial charge in [0.25, 0.3) is 0 Å². The fourth-order valence-electron chi connectivity index (χ4n) is 1.75. The molecule has 0 fully saturated rings. The van der Waals surface area contributed by atoms with Gasteiger partial charge in [-0.3, -0.25) is 0 Å². The average molecular weight is 291 g/mol. The molecule has 0 radical (unpaired) electrons. The molecule has 0 bridgehead atoms. The molecule has 0 saturated heterocycles. The van der Waals surface area contributed by atoms with Crippen LogP contribution < -0.4 is 9.08 Å². The lowest BCUT2D eigenvalue weighted by atomic mass is 10.2. The van der Waals surface area contributed by atoms with Crippen molar-refractivity contribution in [3.05, 3.63) is 54.1 Å². The molecule has 0 aromatic heterocycles. The Kier molecular flexibility index (Phi) is 3.99. The summed E-state index contributed by atoms with van der Waals surface area (Å²) >= 11 is 0. The van der Waals surface area contributed by atoms with Crippen LogP contribution in [0.3, 0.4) is 0 Å². The number of rotatable bonds is 4. The molecule has 20 heavy (non-hydrogen) atoms. The Bertz CT molecular complexity index is 691. The highest BCUT2D eigenvalue weighted by Crippen LogP contribution is 2.21. The van der Waals surface area contributed by atoms with E-state index in [-0.39, 0.29) is 4.90 Å². The molecule has 0 aliphatic rings. The molecule has 0 N–H and O–H groups in total. The van der Waals surface area contributed by atoms with Crippen LogP contribution in [-0.2, 0) is 10.1 Å². The van der Waals surface area contributed by atoms with Gasteiger partial charge in [-0.1, -0.05) is 12.1 Å². The van der Waals surface area contributed by atoms with Crippen LogP contribution in [0, 0.1) is 6.92 Å². The first-order valence-electron chi connectivity index (χ1n) is 6.17. The van der Waals surface area contributed by atoms with Gasteiger partial charge < -0.3 is 9.08 Å². The topological polar surface area (TPSA) is 46.6 Å². The smallest absolute Gasteiger partial charge is 0.339 e. The van der Waals surface area contributed by atoms with E-state index in [0.717, 1.165) is 11.3 Å². The van der Waals surface area contributed by atoms with Crippen LogP contribution in [0.5, 0.6) is 5.75 Å². The molecule has 0 aliphatic heterocycles. The zero-order chi connectivity index (χ0) is 14.8. The lowest BCUT2D eigenvalue weighted by molar-refractivity contribution is 0.486. The van der Waals surface area contributed by atoms with Crippen molar-refractivity contribution < 1.29 is 12.6 Å². The minimum atomic E-state index is -3.79. The molecule has 0 unspecified atom stereocenters. The molecule has 2 aromatic carbocycles. The molecule has 0 atom stereocenters. The highest BCUT2D eigenvalue weighted by molar-refractivity contribution is 7.87. The molecule has 2 aromatic rings. The van der Waals surface area contributed by atoms with E-state index in [1.807, 2.05) is 32.0 Å². The first-order chi connectivity index (χ1) is 9.38. The summed E-state index contributed by atoms with van der Waals surface area (Å²) in [4.78, 5) is 2.04. The maximum Gasteiger partial charge on any atom is 0.339 e. The largest absolute Gasteiger partial charge is 0.379 e. The number of hydrogen-bond acceptors (Lipinski definition) is 4. The van der Waals surface area contributed by atoms with Crippen molar-refractivity contribution >= 4 is 15.8 Å². The van der Waals surface area contributed by atoms with Crippen LogP contribution in [-0.4, -0.2) is 22.5 Å². The number of aryl methyl sites for hydroxylation is 1. The minimum absolute atomic E-state index is 0.143. The zero-order valence-electron chi connectivity index (χ0n) is 11.7. The zero-order valence-corrected chi connectivity index (χ0v) is 12.5. The van der Waals surface area contributed by atoms with Crippen LogP contribution in [0.25, 0.3) is 0 Å². The Labute approximate surface area is 119 Å². The molecule has 0 aliphatic carbocycles. The van der Waals surface area contributed by atoms with Crippen LogP contribution >= 0.6 is 0 Å². The summed E-state index contributed by atoms with van der Waals surface area (Å²) < 4.78 is 29.4. The second-order valence-corrected chi connectivity index (χ2v) is 6.29. The van der Waals surface area contributed by atoms with E-state index in [0.29, 0.717) is 5.75 Å². The summed E-state index contributed by atoms with van der Waals surface area (Å²) in [7, 11) is 0.000106. The highest BCUT2D eigenvalue weighted by Gasteiger charge is 2.16. The maximum atomic E-state index is 12.2. The van der Waals surface area contributed by atoms with E-state index < -0.39 is 10.1 Å². The lowest BCUT2D eigenvalue weighted by Crippen LogP contribution is -2.11. The van der Waals surface area contributed by atoms with E-state index in [4.69, 9.17) is 4.18 Å². The molecule has 0 saturated carbocycles. The van der Waals surface area contributed by atoms with Crippen molar-refractivity contribution in [2.24, 2.45) is 0 Å². The third kappa shape index (κ3) is 3.30. The maximum absolute atomic E-state index is 12.2. The average Bonchev–Trinajstić information content (AvgIpc) is 2.38. The van der Waals surface area contributed by atoms with Crippen LogP contribution in [0.1, 0.15) is 5.56 Å². The predicted molar refractivity (Wildman–Crippen MR) is 79.8 cm³/mol. The van der Waals surface area contributed by atoms with E-state index in [9.17, 15) is 8.42 Å². The van der Waals surface area contributed by atoms with Crippen LogP contribution in [0.4, 0.5) is 5.69 Å². The first-order valence-corrected chi connectivity index (χ1v) is 7.58. The van der Waals surface area contributed by atoms with Crippen LogP contribution in [0.15, 0.2) is 53.4 Å². The number of benzene rings is 2. The third-order valence-corrected chi connectivity index (χ3v) is 4.10. The Morgan fingerprint density at radius 1 is 1.00 bits per heavy atom. The van der Waals surface area contributed by atoms with Gasteiger partial charge in [-0.05, 0) is 48.9 Å². The standard InChI is InChI=1S/C15H17NO3S/c1-12-5-4-6-14(11-12)19-20(17,18)15-9-7-13(8-10-15)16(2)3/h4-11H,1-3H3.